The fourth-order valence-electron chi connectivity index (χ4n) is 1.83. The van der Waals surface area contributed by atoms with Gasteiger partial charge in [0.15, 0.2) is 0 Å². The summed E-state index contributed by atoms with van der Waals surface area (Å²) in [6, 6.07) is 12.0. The van der Waals surface area contributed by atoms with Gasteiger partial charge in [0.2, 0.25) is 20.0 Å². The summed E-state index contributed by atoms with van der Waals surface area (Å²) in [5.41, 5.74) is 0. The third-order valence-electron chi connectivity index (χ3n) is 2.72. The maximum Gasteiger partial charge on any atom is 0.241 e. The molecule has 0 aliphatic heterocycles. The summed E-state index contributed by atoms with van der Waals surface area (Å²) in [5, 5.41) is 6.21. The molecular formula is C12H14N2O4S2. The Labute approximate surface area is 117 Å². The lowest BCUT2D eigenvalue weighted by Crippen LogP contribution is -2.31. The minimum absolute atomic E-state index is 0.116. The fraction of sp³-hybridized carbons (Fsp3) is 0.167. The van der Waals surface area contributed by atoms with E-state index in [1.807, 2.05) is 6.07 Å². The van der Waals surface area contributed by atoms with Crippen molar-refractivity contribution in [2.24, 2.45) is 5.14 Å². The van der Waals surface area contributed by atoms with Crippen LogP contribution in [-0.4, -0.2) is 29.1 Å². The van der Waals surface area contributed by atoms with E-state index in [1.165, 1.54) is 6.07 Å². The Kier molecular flexibility index (Phi) is 4.09. The van der Waals surface area contributed by atoms with Gasteiger partial charge in [0.05, 0.1) is 10.6 Å². The van der Waals surface area contributed by atoms with E-state index in [-0.39, 0.29) is 11.4 Å². The zero-order chi connectivity index (χ0) is 14.8. The van der Waals surface area contributed by atoms with Gasteiger partial charge in [0.25, 0.3) is 0 Å². The first-order chi connectivity index (χ1) is 9.30. The molecule has 0 amide bonds. The third-order valence-corrected chi connectivity index (χ3v) is 5.01. The van der Waals surface area contributed by atoms with Gasteiger partial charge in [-0.2, -0.15) is 0 Å². The van der Waals surface area contributed by atoms with E-state index >= 15 is 0 Å². The maximum atomic E-state index is 12.2. The van der Waals surface area contributed by atoms with Gasteiger partial charge in [-0.15, -0.1) is 0 Å². The van der Waals surface area contributed by atoms with Crippen molar-refractivity contribution in [1.82, 2.24) is 4.72 Å². The summed E-state index contributed by atoms with van der Waals surface area (Å²) in [6.07, 6.45) is 0. The highest BCUT2D eigenvalue weighted by molar-refractivity contribution is 7.90. The first kappa shape index (κ1) is 14.9. The number of hydrogen-bond acceptors (Lipinski definition) is 4. The van der Waals surface area contributed by atoms with Crippen molar-refractivity contribution in [1.29, 1.82) is 0 Å². The monoisotopic (exact) mass is 314 g/mol. The molecule has 0 atom stereocenters. The summed E-state index contributed by atoms with van der Waals surface area (Å²) >= 11 is 0. The van der Waals surface area contributed by atoms with Crippen LogP contribution in [0.3, 0.4) is 0 Å². The molecule has 108 valence electrons. The van der Waals surface area contributed by atoms with Crippen LogP contribution in [0.2, 0.25) is 0 Å². The molecule has 0 unspecified atom stereocenters. The molecule has 2 rings (SSSR count). The fourth-order valence-corrected chi connectivity index (χ4v) is 3.60. The van der Waals surface area contributed by atoms with E-state index in [0.29, 0.717) is 5.39 Å². The molecule has 0 aliphatic carbocycles. The molecule has 8 heteroatoms. The Hall–Kier alpha value is -1.48. The van der Waals surface area contributed by atoms with Crippen molar-refractivity contribution in [2.75, 3.05) is 12.3 Å². The molecule has 20 heavy (non-hydrogen) atoms. The number of sulfonamides is 2. The molecule has 0 aliphatic rings. The molecule has 2 aromatic carbocycles. The molecule has 0 radical (unpaired) electrons. The summed E-state index contributed by atoms with van der Waals surface area (Å²) in [5.74, 6) is -0.447. The molecule has 0 saturated heterocycles. The SMILES string of the molecule is NS(=O)(=O)CCNS(=O)(=O)c1cccc2ccccc12. The van der Waals surface area contributed by atoms with Crippen LogP contribution in [0.5, 0.6) is 0 Å². The number of rotatable bonds is 5. The van der Waals surface area contributed by atoms with Crippen LogP contribution >= 0.6 is 0 Å². The summed E-state index contributed by atoms with van der Waals surface area (Å²) in [7, 11) is -7.48. The molecule has 2 aromatic rings. The maximum absolute atomic E-state index is 12.2. The Bertz CT molecular complexity index is 824. The standard InChI is InChI=1S/C12H14N2O4S2/c13-19(15,16)9-8-14-20(17,18)12-7-3-5-10-4-1-2-6-11(10)12/h1-7,14H,8-9H2,(H2,13,15,16). The molecule has 0 saturated carbocycles. The molecule has 0 aromatic heterocycles. The van der Waals surface area contributed by atoms with Crippen molar-refractivity contribution in [2.45, 2.75) is 4.90 Å². The first-order valence-corrected chi connectivity index (χ1v) is 8.97. The summed E-state index contributed by atoms with van der Waals surface area (Å²) in [4.78, 5) is 0.116. The number of primary sulfonamides is 1. The zero-order valence-corrected chi connectivity index (χ0v) is 12.1. The second-order valence-corrected chi connectivity index (χ2v) is 7.71. The highest BCUT2D eigenvalue weighted by Gasteiger charge is 2.17. The van der Waals surface area contributed by atoms with Crippen LogP contribution < -0.4 is 9.86 Å². The van der Waals surface area contributed by atoms with Gasteiger partial charge in [-0.1, -0.05) is 36.4 Å². The number of nitrogens with one attached hydrogen (secondary N) is 1. The van der Waals surface area contributed by atoms with Crippen LogP contribution in [0.25, 0.3) is 10.8 Å². The van der Waals surface area contributed by atoms with Gasteiger partial charge in [-0.3, -0.25) is 0 Å². The number of benzene rings is 2. The van der Waals surface area contributed by atoms with Crippen molar-refractivity contribution in [3.63, 3.8) is 0 Å². The topological polar surface area (TPSA) is 106 Å². The van der Waals surface area contributed by atoms with Gasteiger partial charge in [-0.05, 0) is 11.5 Å². The van der Waals surface area contributed by atoms with Crippen LogP contribution in [0.1, 0.15) is 0 Å². The smallest absolute Gasteiger partial charge is 0.229 e. The van der Waals surface area contributed by atoms with Gasteiger partial charge >= 0.3 is 0 Å². The van der Waals surface area contributed by atoms with Crippen molar-refractivity contribution >= 4 is 30.8 Å². The number of nitrogens with two attached hydrogens (primary N) is 1. The van der Waals surface area contributed by atoms with Gasteiger partial charge in [-0.25, -0.2) is 26.7 Å². The van der Waals surface area contributed by atoms with Crippen molar-refractivity contribution < 1.29 is 16.8 Å². The Morgan fingerprint density at radius 3 is 2.30 bits per heavy atom. The lowest BCUT2D eigenvalue weighted by atomic mass is 10.1. The summed E-state index contributed by atoms with van der Waals surface area (Å²) in [6.45, 7) is -0.260. The molecule has 3 N–H and O–H groups in total. The summed E-state index contributed by atoms with van der Waals surface area (Å²) < 4.78 is 48.2. The predicted molar refractivity (Wildman–Crippen MR) is 77.1 cm³/mol. The molecule has 0 spiro atoms. The second-order valence-electron chi connectivity index (χ2n) is 4.24. The van der Waals surface area contributed by atoms with E-state index < -0.39 is 25.8 Å². The highest BCUT2D eigenvalue weighted by Crippen LogP contribution is 2.22. The van der Waals surface area contributed by atoms with Crippen LogP contribution in [-0.2, 0) is 20.0 Å². The first-order valence-electron chi connectivity index (χ1n) is 5.77. The van der Waals surface area contributed by atoms with Crippen LogP contribution in [0, 0.1) is 0 Å². The minimum Gasteiger partial charge on any atom is -0.229 e. The minimum atomic E-state index is -3.78. The average Bonchev–Trinajstić information content (AvgIpc) is 2.36. The zero-order valence-electron chi connectivity index (χ0n) is 10.5. The lowest BCUT2D eigenvalue weighted by molar-refractivity contribution is 0.582. The van der Waals surface area contributed by atoms with Crippen LogP contribution in [0.4, 0.5) is 0 Å². The molecule has 0 heterocycles. The largest absolute Gasteiger partial charge is 0.241 e. The van der Waals surface area contributed by atoms with Gasteiger partial charge in [0, 0.05) is 11.9 Å². The van der Waals surface area contributed by atoms with E-state index in [4.69, 9.17) is 5.14 Å². The van der Waals surface area contributed by atoms with E-state index in [1.54, 1.807) is 30.3 Å². The molecule has 0 fully saturated rings. The third kappa shape index (κ3) is 3.54. The van der Waals surface area contributed by atoms with Crippen molar-refractivity contribution in [3.05, 3.63) is 42.5 Å². The second kappa shape index (κ2) is 5.49. The van der Waals surface area contributed by atoms with E-state index in [9.17, 15) is 16.8 Å². The number of fused-ring (bicyclic) bond motifs is 1. The normalized spacial score (nSPS) is 12.7. The molecule has 0 bridgehead atoms. The van der Waals surface area contributed by atoms with E-state index in [0.717, 1.165) is 5.39 Å². The Morgan fingerprint density at radius 2 is 1.60 bits per heavy atom. The van der Waals surface area contributed by atoms with Crippen molar-refractivity contribution in [3.8, 4) is 0 Å². The average molecular weight is 314 g/mol. The van der Waals surface area contributed by atoms with Gasteiger partial charge < -0.3 is 0 Å². The van der Waals surface area contributed by atoms with E-state index in [2.05, 4.69) is 4.72 Å². The molecule has 6 nitrogen and oxygen atoms in total. The highest BCUT2D eigenvalue weighted by atomic mass is 32.2. The van der Waals surface area contributed by atoms with Crippen LogP contribution in [0.15, 0.2) is 47.4 Å². The predicted octanol–water partition coefficient (Wildman–Crippen LogP) is 0.407. The Balaban J connectivity index is 2.33. The number of hydrogen-bond donors (Lipinski definition) is 2. The van der Waals surface area contributed by atoms with Gasteiger partial charge in [0.1, 0.15) is 0 Å². The molecular weight excluding hydrogens is 300 g/mol. The quantitative estimate of drug-likeness (QED) is 0.833. The Morgan fingerprint density at radius 1 is 0.950 bits per heavy atom. The lowest BCUT2D eigenvalue weighted by Gasteiger charge is -2.09.